The fourth-order valence-electron chi connectivity index (χ4n) is 2.16. The molecule has 0 aromatic heterocycles. The van der Waals surface area contributed by atoms with Crippen molar-refractivity contribution >= 4 is 27.9 Å². The zero-order chi connectivity index (χ0) is 14.2. The van der Waals surface area contributed by atoms with Gasteiger partial charge in [-0.25, -0.2) is 4.79 Å². The van der Waals surface area contributed by atoms with E-state index in [4.69, 9.17) is 5.11 Å². The quantitative estimate of drug-likeness (QED) is 0.860. The lowest BCUT2D eigenvalue weighted by Gasteiger charge is -2.28. The van der Waals surface area contributed by atoms with Crippen molar-refractivity contribution < 1.29 is 14.7 Å². The van der Waals surface area contributed by atoms with E-state index in [9.17, 15) is 9.59 Å². The molecular weight excluding hydrogens is 312 g/mol. The number of fused-ring (bicyclic) bond motifs is 1. The van der Waals surface area contributed by atoms with E-state index in [0.29, 0.717) is 25.1 Å². The molecule has 1 aliphatic heterocycles. The Balaban J connectivity index is 2.37. The molecule has 0 fully saturated rings. The molecule has 1 aromatic rings. The van der Waals surface area contributed by atoms with E-state index in [1.165, 1.54) is 9.80 Å². The Bertz CT molecular complexity index is 543. The van der Waals surface area contributed by atoms with Crippen LogP contribution in [0.25, 0.3) is 0 Å². The molecule has 19 heavy (non-hydrogen) atoms. The van der Waals surface area contributed by atoms with Gasteiger partial charge in [0, 0.05) is 30.7 Å². The van der Waals surface area contributed by atoms with Crippen LogP contribution >= 0.6 is 15.9 Å². The number of amides is 2. The minimum absolute atomic E-state index is 0.0517. The van der Waals surface area contributed by atoms with Crippen LogP contribution in [0.2, 0.25) is 0 Å². The maximum atomic E-state index is 12.0. The number of rotatable bonds is 1. The Morgan fingerprint density at radius 3 is 2.63 bits per heavy atom. The highest BCUT2D eigenvalue weighted by Crippen LogP contribution is 2.28. The van der Waals surface area contributed by atoms with Gasteiger partial charge in [-0.15, -0.1) is 0 Å². The molecule has 0 bridgehead atoms. The molecule has 1 heterocycles. The first-order valence-corrected chi connectivity index (χ1v) is 6.70. The van der Waals surface area contributed by atoms with Crippen LogP contribution in [0.15, 0.2) is 16.6 Å². The van der Waals surface area contributed by atoms with Gasteiger partial charge in [0.2, 0.25) is 0 Å². The molecule has 0 atom stereocenters. The summed E-state index contributed by atoms with van der Waals surface area (Å²) in [5.74, 6) is -0.0517. The van der Waals surface area contributed by atoms with Gasteiger partial charge in [0.25, 0.3) is 5.91 Å². The first kappa shape index (κ1) is 13.9. The second-order valence-corrected chi connectivity index (χ2v) is 5.60. The number of hydrogen-bond donors (Lipinski definition) is 1. The third kappa shape index (κ3) is 2.73. The Hall–Kier alpha value is -1.56. The molecule has 2 amide bonds. The van der Waals surface area contributed by atoms with Crippen molar-refractivity contribution in [2.24, 2.45) is 0 Å². The van der Waals surface area contributed by atoms with Gasteiger partial charge in [-0.1, -0.05) is 15.9 Å². The lowest BCUT2D eigenvalue weighted by atomic mass is 9.97. The molecule has 1 aliphatic rings. The summed E-state index contributed by atoms with van der Waals surface area (Å²) in [4.78, 5) is 25.8. The van der Waals surface area contributed by atoms with E-state index in [1.54, 1.807) is 20.2 Å². The number of carboxylic acid groups (broad SMARTS) is 1. The molecule has 0 aliphatic carbocycles. The Kier molecular flexibility index (Phi) is 3.80. The van der Waals surface area contributed by atoms with Gasteiger partial charge in [-0.2, -0.15) is 0 Å². The van der Waals surface area contributed by atoms with Gasteiger partial charge >= 0.3 is 6.09 Å². The van der Waals surface area contributed by atoms with Crippen LogP contribution in [0, 0.1) is 0 Å². The van der Waals surface area contributed by atoms with Crippen molar-refractivity contribution in [2.75, 3.05) is 20.6 Å². The Morgan fingerprint density at radius 1 is 1.37 bits per heavy atom. The van der Waals surface area contributed by atoms with E-state index in [-0.39, 0.29) is 5.91 Å². The first-order chi connectivity index (χ1) is 8.90. The highest BCUT2D eigenvalue weighted by molar-refractivity contribution is 9.10. The first-order valence-electron chi connectivity index (χ1n) is 5.91. The average Bonchev–Trinajstić information content (AvgIpc) is 2.37. The number of hydrogen-bond acceptors (Lipinski definition) is 2. The monoisotopic (exact) mass is 326 g/mol. The summed E-state index contributed by atoms with van der Waals surface area (Å²) in [6.07, 6.45) is -0.277. The molecule has 0 unspecified atom stereocenters. The van der Waals surface area contributed by atoms with Crippen LogP contribution < -0.4 is 0 Å². The summed E-state index contributed by atoms with van der Waals surface area (Å²) in [6.45, 7) is 0.829. The molecule has 0 saturated carbocycles. The molecule has 5 nitrogen and oxygen atoms in total. The zero-order valence-electron chi connectivity index (χ0n) is 10.8. The normalized spacial score (nSPS) is 13.9. The largest absolute Gasteiger partial charge is 0.465 e. The predicted octanol–water partition coefficient (Wildman–Crippen LogP) is 2.19. The minimum atomic E-state index is -0.911. The number of carbonyl (C=O) groups excluding carboxylic acids is 1. The van der Waals surface area contributed by atoms with E-state index in [0.717, 1.165) is 15.6 Å². The molecule has 0 spiro atoms. The van der Waals surface area contributed by atoms with Gasteiger partial charge in [0.15, 0.2) is 0 Å². The Labute approximate surface area is 119 Å². The summed E-state index contributed by atoms with van der Waals surface area (Å²) in [5, 5.41) is 9.02. The maximum Gasteiger partial charge on any atom is 0.407 e. The second kappa shape index (κ2) is 5.21. The third-order valence-electron chi connectivity index (χ3n) is 3.21. The van der Waals surface area contributed by atoms with Crippen molar-refractivity contribution in [3.8, 4) is 0 Å². The molecule has 1 aromatic carbocycles. The van der Waals surface area contributed by atoms with Gasteiger partial charge in [0.05, 0.1) is 6.54 Å². The molecule has 1 N–H and O–H groups in total. The van der Waals surface area contributed by atoms with Crippen LogP contribution in [0.5, 0.6) is 0 Å². The lowest BCUT2D eigenvalue weighted by molar-refractivity contribution is 0.0827. The SMILES string of the molecule is CN(C)C(=O)c1cc(Br)c2c(c1)CCN(C(=O)O)C2. The molecule has 2 rings (SSSR count). The number of carbonyl (C=O) groups is 2. The summed E-state index contributed by atoms with van der Waals surface area (Å²) < 4.78 is 0.793. The highest BCUT2D eigenvalue weighted by Gasteiger charge is 2.23. The van der Waals surface area contributed by atoms with Gasteiger partial charge in [0.1, 0.15) is 0 Å². The van der Waals surface area contributed by atoms with Crippen molar-refractivity contribution in [2.45, 2.75) is 13.0 Å². The number of halogens is 1. The summed E-state index contributed by atoms with van der Waals surface area (Å²) >= 11 is 3.44. The lowest BCUT2D eigenvalue weighted by Crippen LogP contribution is -2.35. The number of nitrogens with zero attached hydrogens (tertiary/aromatic N) is 2. The molecular formula is C13H15BrN2O3. The fourth-order valence-corrected chi connectivity index (χ4v) is 2.79. The topological polar surface area (TPSA) is 60.9 Å². The van der Waals surface area contributed by atoms with Gasteiger partial charge in [-0.05, 0) is 29.7 Å². The van der Waals surface area contributed by atoms with E-state index in [2.05, 4.69) is 15.9 Å². The van der Waals surface area contributed by atoms with E-state index in [1.807, 2.05) is 6.07 Å². The molecule has 6 heteroatoms. The van der Waals surface area contributed by atoms with Crippen LogP contribution in [0.4, 0.5) is 4.79 Å². The molecule has 0 radical (unpaired) electrons. The van der Waals surface area contributed by atoms with Crippen LogP contribution in [0.3, 0.4) is 0 Å². The van der Waals surface area contributed by atoms with Crippen molar-refractivity contribution in [1.29, 1.82) is 0 Å². The summed E-state index contributed by atoms with van der Waals surface area (Å²) in [6, 6.07) is 3.62. The molecule has 0 saturated heterocycles. The third-order valence-corrected chi connectivity index (χ3v) is 3.92. The highest BCUT2D eigenvalue weighted by atomic mass is 79.9. The zero-order valence-corrected chi connectivity index (χ0v) is 12.4. The Morgan fingerprint density at radius 2 is 2.05 bits per heavy atom. The predicted molar refractivity (Wildman–Crippen MR) is 74.3 cm³/mol. The maximum absolute atomic E-state index is 12.0. The van der Waals surface area contributed by atoms with Crippen LogP contribution in [-0.4, -0.2) is 47.5 Å². The van der Waals surface area contributed by atoms with Crippen molar-refractivity contribution in [3.05, 3.63) is 33.3 Å². The van der Waals surface area contributed by atoms with Crippen molar-refractivity contribution in [1.82, 2.24) is 9.80 Å². The van der Waals surface area contributed by atoms with E-state index >= 15 is 0 Å². The molecule has 102 valence electrons. The summed E-state index contributed by atoms with van der Waals surface area (Å²) in [5.41, 5.74) is 2.61. The van der Waals surface area contributed by atoms with Gasteiger partial charge in [-0.3, -0.25) is 4.79 Å². The van der Waals surface area contributed by atoms with E-state index < -0.39 is 6.09 Å². The second-order valence-electron chi connectivity index (χ2n) is 4.75. The smallest absolute Gasteiger partial charge is 0.407 e. The number of benzene rings is 1. The van der Waals surface area contributed by atoms with Crippen molar-refractivity contribution in [3.63, 3.8) is 0 Å². The standard InChI is InChI=1S/C13H15BrN2O3/c1-15(2)12(17)9-5-8-3-4-16(13(18)19)7-10(8)11(14)6-9/h5-6H,3-4,7H2,1-2H3,(H,18,19). The average molecular weight is 327 g/mol. The van der Waals surface area contributed by atoms with Crippen LogP contribution in [0.1, 0.15) is 21.5 Å². The minimum Gasteiger partial charge on any atom is -0.465 e. The fraction of sp³-hybridized carbons (Fsp3) is 0.385. The van der Waals surface area contributed by atoms with Gasteiger partial charge < -0.3 is 14.9 Å². The van der Waals surface area contributed by atoms with Crippen LogP contribution in [-0.2, 0) is 13.0 Å². The summed E-state index contributed by atoms with van der Waals surface area (Å²) in [7, 11) is 3.42.